The number of hydrogen-bond acceptors (Lipinski definition) is 3. The zero-order valence-electron chi connectivity index (χ0n) is 23.5. The zero-order chi connectivity index (χ0) is 27.0. The Bertz CT molecular complexity index is 1100. The first-order valence-corrected chi connectivity index (χ1v) is 15.6. The number of hydrogen-bond donors (Lipinski definition) is 1. The van der Waals surface area contributed by atoms with Crippen molar-refractivity contribution in [3.05, 3.63) is 64.6 Å². The Hall–Kier alpha value is -2.08. The molecule has 0 aliphatic carbocycles. The first-order chi connectivity index (χ1) is 18.6. The molecule has 1 heterocycles. The van der Waals surface area contributed by atoms with Gasteiger partial charge in [0.05, 0.1) is 24.0 Å². The van der Waals surface area contributed by atoms with Gasteiger partial charge in [-0.25, -0.2) is 0 Å². The fourth-order valence-electron chi connectivity index (χ4n) is 4.62. The minimum Gasteiger partial charge on any atom is -1.00 e. The SMILES string of the molecule is CCCCCCCCCCCCCCOc1cc(Cl)ccc1CC(=O)Nc1ccc(-c2scc[n+]2C)cc1.[Cl-]. The molecular formula is C32H44Cl2N2O2S. The number of anilines is 1. The van der Waals surface area contributed by atoms with Gasteiger partial charge in [0.2, 0.25) is 5.91 Å². The third-order valence-electron chi connectivity index (χ3n) is 6.84. The van der Waals surface area contributed by atoms with Crippen LogP contribution in [0.5, 0.6) is 5.75 Å². The van der Waals surface area contributed by atoms with Crippen LogP contribution in [0.2, 0.25) is 5.02 Å². The van der Waals surface area contributed by atoms with Crippen LogP contribution in [0, 0.1) is 0 Å². The highest BCUT2D eigenvalue weighted by Crippen LogP contribution is 2.26. The Morgan fingerprint density at radius 3 is 2.10 bits per heavy atom. The second-order valence-electron chi connectivity index (χ2n) is 10.1. The molecule has 1 aromatic heterocycles. The van der Waals surface area contributed by atoms with E-state index in [2.05, 4.69) is 22.2 Å². The Balaban J connectivity index is 0.00000533. The quantitative estimate of drug-likeness (QED) is 0.142. The highest BCUT2D eigenvalue weighted by molar-refractivity contribution is 7.12. The van der Waals surface area contributed by atoms with E-state index >= 15 is 0 Å². The average molecular weight is 592 g/mol. The molecule has 0 bridgehead atoms. The predicted octanol–water partition coefficient (Wildman–Crippen LogP) is 6.16. The van der Waals surface area contributed by atoms with Gasteiger partial charge >= 0.3 is 0 Å². The number of aromatic nitrogens is 1. The topological polar surface area (TPSA) is 42.2 Å². The number of nitrogens with zero attached hydrogens (tertiary/aromatic N) is 1. The second kappa shape index (κ2) is 19.1. The molecule has 0 aliphatic heterocycles. The number of ether oxygens (including phenoxy) is 1. The molecule has 0 saturated heterocycles. The van der Waals surface area contributed by atoms with E-state index < -0.39 is 0 Å². The highest BCUT2D eigenvalue weighted by Gasteiger charge is 2.13. The van der Waals surface area contributed by atoms with Gasteiger partial charge in [0, 0.05) is 16.3 Å². The molecule has 7 heteroatoms. The van der Waals surface area contributed by atoms with E-state index in [1.54, 1.807) is 11.3 Å². The van der Waals surface area contributed by atoms with Crippen LogP contribution in [0.15, 0.2) is 54.0 Å². The van der Waals surface area contributed by atoms with Crippen molar-refractivity contribution in [1.29, 1.82) is 0 Å². The lowest BCUT2D eigenvalue weighted by atomic mass is 10.1. The maximum Gasteiger partial charge on any atom is 0.268 e. The molecule has 214 valence electrons. The Labute approximate surface area is 250 Å². The van der Waals surface area contributed by atoms with Crippen molar-refractivity contribution < 1.29 is 26.5 Å². The Morgan fingerprint density at radius 2 is 1.51 bits per heavy atom. The first-order valence-electron chi connectivity index (χ1n) is 14.3. The summed E-state index contributed by atoms with van der Waals surface area (Å²) in [6, 6.07) is 13.5. The number of thiazole rings is 1. The van der Waals surface area contributed by atoms with Gasteiger partial charge in [0.25, 0.3) is 5.01 Å². The highest BCUT2D eigenvalue weighted by atomic mass is 35.5. The van der Waals surface area contributed by atoms with E-state index in [1.165, 1.54) is 75.6 Å². The van der Waals surface area contributed by atoms with Gasteiger partial charge in [0.15, 0.2) is 6.20 Å². The molecule has 0 radical (unpaired) electrons. The standard InChI is InChI=1S/C32H43ClN2O2S.ClH/c1-3-4-5-6-7-8-9-10-11-12-13-14-22-37-30-25-28(33)18-15-27(30)24-31(36)34-29-19-16-26(17-20-29)32-35(2)21-23-38-32;/h15-21,23,25H,3-14,22,24H2,1-2H3;1H. The number of rotatable bonds is 18. The minimum absolute atomic E-state index is 0. The summed E-state index contributed by atoms with van der Waals surface area (Å²) in [5.74, 6) is 0.633. The number of nitrogens with one attached hydrogen (secondary N) is 1. The van der Waals surface area contributed by atoms with Crippen molar-refractivity contribution in [1.82, 2.24) is 0 Å². The van der Waals surface area contributed by atoms with Crippen LogP contribution in [0.1, 0.15) is 89.5 Å². The maximum absolute atomic E-state index is 12.8. The van der Waals surface area contributed by atoms with Crippen molar-refractivity contribution in [3.8, 4) is 16.3 Å². The first kappa shape index (κ1) is 33.1. The third kappa shape index (κ3) is 12.3. The number of halogens is 2. The smallest absolute Gasteiger partial charge is 0.268 e. The van der Waals surface area contributed by atoms with Crippen molar-refractivity contribution in [3.63, 3.8) is 0 Å². The Morgan fingerprint density at radius 1 is 0.897 bits per heavy atom. The van der Waals surface area contributed by atoms with E-state index in [9.17, 15) is 4.79 Å². The molecule has 4 nitrogen and oxygen atoms in total. The number of amides is 1. The van der Waals surface area contributed by atoms with Crippen molar-refractivity contribution in [2.45, 2.75) is 90.4 Å². The maximum atomic E-state index is 12.8. The molecule has 39 heavy (non-hydrogen) atoms. The summed E-state index contributed by atoms with van der Waals surface area (Å²) in [6.45, 7) is 2.92. The molecule has 0 atom stereocenters. The second-order valence-corrected chi connectivity index (χ2v) is 11.4. The molecular weight excluding hydrogens is 547 g/mol. The van der Waals surface area contributed by atoms with Gasteiger partial charge in [-0.1, -0.05) is 107 Å². The van der Waals surface area contributed by atoms with E-state index in [1.807, 2.05) is 55.7 Å². The van der Waals surface area contributed by atoms with E-state index in [-0.39, 0.29) is 24.7 Å². The summed E-state index contributed by atoms with van der Waals surface area (Å²) >= 11 is 7.92. The summed E-state index contributed by atoms with van der Waals surface area (Å²) in [5.41, 5.74) is 2.77. The summed E-state index contributed by atoms with van der Waals surface area (Å²) in [6.07, 6.45) is 18.1. The van der Waals surface area contributed by atoms with Crippen molar-refractivity contribution >= 4 is 34.5 Å². The molecule has 3 aromatic rings. The monoisotopic (exact) mass is 590 g/mol. The van der Waals surface area contributed by atoms with E-state index in [4.69, 9.17) is 16.3 Å². The molecule has 3 rings (SSSR count). The van der Waals surface area contributed by atoms with Gasteiger partial charge in [-0.15, -0.1) is 0 Å². The lowest BCUT2D eigenvalue weighted by molar-refractivity contribution is -0.655. The fourth-order valence-corrected chi connectivity index (χ4v) is 5.65. The number of benzene rings is 2. The molecule has 2 aromatic carbocycles. The molecule has 0 unspecified atom stereocenters. The molecule has 1 N–H and O–H groups in total. The fraction of sp³-hybridized carbons (Fsp3) is 0.500. The number of carbonyl (C=O) groups is 1. The van der Waals surface area contributed by atoms with E-state index in [0.29, 0.717) is 17.4 Å². The van der Waals surface area contributed by atoms with Crippen LogP contribution in [0.25, 0.3) is 10.6 Å². The van der Waals surface area contributed by atoms with Gasteiger partial charge in [0.1, 0.15) is 12.8 Å². The van der Waals surface area contributed by atoms with Crippen molar-refractivity contribution in [2.75, 3.05) is 11.9 Å². The molecule has 0 saturated carbocycles. The summed E-state index contributed by atoms with van der Waals surface area (Å²) in [5, 5.41) is 6.87. The predicted molar refractivity (Wildman–Crippen MR) is 161 cm³/mol. The minimum atomic E-state index is -0.0723. The Kier molecular flexibility index (Phi) is 16.2. The molecule has 0 fully saturated rings. The van der Waals surface area contributed by atoms with E-state index in [0.717, 1.165) is 23.2 Å². The normalized spacial score (nSPS) is 10.7. The van der Waals surface area contributed by atoms with Crippen LogP contribution < -0.4 is 27.0 Å². The third-order valence-corrected chi connectivity index (χ3v) is 8.08. The summed E-state index contributed by atoms with van der Waals surface area (Å²) < 4.78 is 8.16. The lowest BCUT2D eigenvalue weighted by Crippen LogP contribution is -3.00. The molecule has 0 spiro atoms. The number of aryl methyl sites for hydroxylation is 1. The largest absolute Gasteiger partial charge is 1.00 e. The number of unbranched alkanes of at least 4 members (excludes halogenated alkanes) is 11. The van der Waals surface area contributed by atoms with Gasteiger partial charge in [-0.05, 0) is 42.8 Å². The van der Waals surface area contributed by atoms with Gasteiger partial charge in [-0.2, -0.15) is 4.57 Å². The van der Waals surface area contributed by atoms with Crippen LogP contribution in [-0.2, 0) is 18.3 Å². The molecule has 0 aliphatic rings. The van der Waals surface area contributed by atoms with Gasteiger partial charge < -0.3 is 22.5 Å². The average Bonchev–Trinajstić information content (AvgIpc) is 3.34. The summed E-state index contributed by atoms with van der Waals surface area (Å²) in [4.78, 5) is 12.8. The zero-order valence-corrected chi connectivity index (χ0v) is 25.9. The van der Waals surface area contributed by atoms with Crippen LogP contribution >= 0.6 is 22.9 Å². The van der Waals surface area contributed by atoms with Gasteiger partial charge in [-0.3, -0.25) is 4.79 Å². The summed E-state index contributed by atoms with van der Waals surface area (Å²) in [7, 11) is 2.03. The van der Waals surface area contributed by atoms with Crippen LogP contribution in [-0.4, -0.2) is 12.5 Å². The lowest BCUT2D eigenvalue weighted by Gasteiger charge is -2.12. The van der Waals surface area contributed by atoms with Crippen LogP contribution in [0.4, 0.5) is 5.69 Å². The van der Waals surface area contributed by atoms with Crippen LogP contribution in [0.3, 0.4) is 0 Å². The number of carbonyl (C=O) groups excluding carboxylic acids is 1. The van der Waals surface area contributed by atoms with Crippen molar-refractivity contribution in [2.24, 2.45) is 7.05 Å². The molecule has 1 amide bonds.